The van der Waals surface area contributed by atoms with E-state index in [0.717, 1.165) is 6.08 Å². The lowest BCUT2D eigenvalue weighted by Gasteiger charge is -1.93. The van der Waals surface area contributed by atoms with Crippen LogP contribution in [-0.2, 0) is 0 Å². The van der Waals surface area contributed by atoms with Crippen molar-refractivity contribution in [2.75, 3.05) is 0 Å². The Morgan fingerprint density at radius 3 is 2.11 bits per heavy atom. The first-order chi connectivity index (χ1) is 4.04. The number of halogens is 1. The van der Waals surface area contributed by atoms with Crippen LogP contribution in [0.1, 0.15) is 6.92 Å². The summed E-state index contributed by atoms with van der Waals surface area (Å²) in [4.78, 5) is 0. The molecule has 0 spiro atoms. The summed E-state index contributed by atoms with van der Waals surface area (Å²) in [6.07, 6.45) is 1.11. The molecule has 0 aliphatic rings. The quantitative estimate of drug-likeness (QED) is 0.447. The standard InChI is InChI=1S/C7H9FO/c1-5(7(3)9)4-6(2)8/h4,9H,2-3H2,1H3/b5-4-. The van der Waals surface area contributed by atoms with Crippen molar-refractivity contribution < 1.29 is 9.50 Å². The molecule has 0 heterocycles. The Bertz CT molecular complexity index is 168. The van der Waals surface area contributed by atoms with Gasteiger partial charge in [0.15, 0.2) is 0 Å². The normalized spacial score (nSPS) is 11.1. The third-order valence-electron chi connectivity index (χ3n) is 0.828. The summed E-state index contributed by atoms with van der Waals surface area (Å²) in [6, 6.07) is 0. The highest BCUT2D eigenvalue weighted by Crippen LogP contribution is 2.06. The van der Waals surface area contributed by atoms with Gasteiger partial charge in [0.05, 0.1) is 0 Å². The van der Waals surface area contributed by atoms with Gasteiger partial charge in [-0.25, -0.2) is 4.39 Å². The molecule has 0 fully saturated rings. The monoisotopic (exact) mass is 128 g/mol. The second kappa shape index (κ2) is 3.07. The van der Waals surface area contributed by atoms with Crippen molar-refractivity contribution in [3.63, 3.8) is 0 Å². The lowest BCUT2D eigenvalue weighted by molar-refractivity contribution is 0.426. The fraction of sp³-hybridized carbons (Fsp3) is 0.143. The summed E-state index contributed by atoms with van der Waals surface area (Å²) in [6.45, 7) is 7.72. The molecule has 1 nitrogen and oxygen atoms in total. The Hall–Kier alpha value is -1.05. The van der Waals surface area contributed by atoms with Crippen molar-refractivity contribution in [3.8, 4) is 0 Å². The third-order valence-corrected chi connectivity index (χ3v) is 0.828. The molecule has 0 aliphatic carbocycles. The average Bonchev–Trinajstić information content (AvgIpc) is 1.63. The molecule has 0 saturated heterocycles. The number of hydrogen-bond acceptors (Lipinski definition) is 1. The van der Waals surface area contributed by atoms with Gasteiger partial charge in [-0.3, -0.25) is 0 Å². The molecule has 2 heteroatoms. The lowest BCUT2D eigenvalue weighted by Crippen LogP contribution is -1.79. The van der Waals surface area contributed by atoms with Crippen LogP contribution in [0, 0.1) is 0 Å². The molecule has 0 aliphatic heterocycles. The molecule has 0 amide bonds. The Labute approximate surface area is 53.8 Å². The highest BCUT2D eigenvalue weighted by molar-refractivity contribution is 5.25. The van der Waals surface area contributed by atoms with E-state index in [2.05, 4.69) is 13.2 Å². The smallest absolute Gasteiger partial charge is 0.116 e. The molecule has 0 saturated carbocycles. The predicted molar refractivity (Wildman–Crippen MR) is 35.8 cm³/mol. The highest BCUT2D eigenvalue weighted by atomic mass is 19.1. The van der Waals surface area contributed by atoms with Crippen molar-refractivity contribution in [2.45, 2.75) is 6.92 Å². The van der Waals surface area contributed by atoms with Gasteiger partial charge in [-0.15, -0.1) is 0 Å². The van der Waals surface area contributed by atoms with Crippen molar-refractivity contribution in [3.05, 3.63) is 36.4 Å². The van der Waals surface area contributed by atoms with Crippen molar-refractivity contribution in [2.24, 2.45) is 0 Å². The van der Waals surface area contributed by atoms with Gasteiger partial charge in [0.2, 0.25) is 0 Å². The van der Waals surface area contributed by atoms with Gasteiger partial charge >= 0.3 is 0 Å². The largest absolute Gasteiger partial charge is 0.508 e. The Kier molecular flexibility index (Phi) is 2.71. The fourth-order valence-corrected chi connectivity index (χ4v) is 0.318. The summed E-state index contributed by atoms with van der Waals surface area (Å²) in [5.74, 6) is -0.712. The maximum absolute atomic E-state index is 11.9. The third kappa shape index (κ3) is 3.53. The van der Waals surface area contributed by atoms with Crippen LogP contribution in [0.4, 0.5) is 4.39 Å². The van der Waals surface area contributed by atoms with Crippen LogP contribution in [0.15, 0.2) is 36.4 Å². The van der Waals surface area contributed by atoms with Gasteiger partial charge in [-0.1, -0.05) is 13.2 Å². The van der Waals surface area contributed by atoms with E-state index in [4.69, 9.17) is 5.11 Å². The van der Waals surface area contributed by atoms with E-state index in [1.807, 2.05) is 0 Å². The first-order valence-electron chi connectivity index (χ1n) is 2.45. The van der Waals surface area contributed by atoms with E-state index in [9.17, 15) is 4.39 Å². The summed E-state index contributed by atoms with van der Waals surface area (Å²) < 4.78 is 11.9. The van der Waals surface area contributed by atoms with E-state index in [1.54, 1.807) is 6.92 Å². The molecular weight excluding hydrogens is 119 g/mol. The van der Waals surface area contributed by atoms with Gasteiger partial charge in [0.25, 0.3) is 0 Å². The maximum Gasteiger partial charge on any atom is 0.116 e. The SMILES string of the molecule is C=C(F)/C=C(/C)C(=C)O. The number of rotatable bonds is 2. The topological polar surface area (TPSA) is 20.2 Å². The molecule has 0 aromatic rings. The molecule has 9 heavy (non-hydrogen) atoms. The summed E-state index contributed by atoms with van der Waals surface area (Å²) in [5.41, 5.74) is 0.391. The van der Waals surface area contributed by atoms with Crippen LogP contribution < -0.4 is 0 Å². The van der Waals surface area contributed by atoms with Gasteiger partial charge in [-0.05, 0) is 18.6 Å². The number of aliphatic hydroxyl groups excluding tert-OH is 1. The molecule has 0 bridgehead atoms. The lowest BCUT2D eigenvalue weighted by atomic mass is 10.2. The molecule has 0 aromatic heterocycles. The minimum absolute atomic E-state index is 0.131. The zero-order valence-corrected chi connectivity index (χ0v) is 5.32. The first kappa shape index (κ1) is 7.95. The Morgan fingerprint density at radius 2 is 2.00 bits per heavy atom. The number of hydrogen-bond donors (Lipinski definition) is 1. The van der Waals surface area contributed by atoms with E-state index in [0.29, 0.717) is 5.57 Å². The molecule has 1 N–H and O–H groups in total. The molecule has 0 rings (SSSR count). The van der Waals surface area contributed by atoms with Crippen molar-refractivity contribution in [1.82, 2.24) is 0 Å². The Balaban J connectivity index is 4.17. The van der Waals surface area contributed by atoms with Crippen LogP contribution in [0.3, 0.4) is 0 Å². The number of allylic oxidation sites excluding steroid dienone is 3. The van der Waals surface area contributed by atoms with Crippen LogP contribution in [0.2, 0.25) is 0 Å². The van der Waals surface area contributed by atoms with E-state index in [-0.39, 0.29) is 5.76 Å². The molecular formula is C7H9FO. The zero-order valence-electron chi connectivity index (χ0n) is 5.32. The van der Waals surface area contributed by atoms with Crippen LogP contribution in [0.5, 0.6) is 0 Å². The van der Waals surface area contributed by atoms with Gasteiger partial charge in [0, 0.05) is 0 Å². The minimum Gasteiger partial charge on any atom is -0.508 e. The summed E-state index contributed by atoms with van der Waals surface area (Å²) in [7, 11) is 0. The van der Waals surface area contributed by atoms with Crippen LogP contribution >= 0.6 is 0 Å². The second-order valence-corrected chi connectivity index (χ2v) is 1.72. The number of aliphatic hydroxyl groups is 1. The van der Waals surface area contributed by atoms with Crippen molar-refractivity contribution in [1.29, 1.82) is 0 Å². The van der Waals surface area contributed by atoms with Gasteiger partial charge in [-0.2, -0.15) is 0 Å². The fourth-order valence-electron chi connectivity index (χ4n) is 0.318. The average molecular weight is 128 g/mol. The maximum atomic E-state index is 11.9. The van der Waals surface area contributed by atoms with E-state index >= 15 is 0 Å². The zero-order chi connectivity index (χ0) is 7.44. The summed E-state index contributed by atoms with van der Waals surface area (Å²) >= 11 is 0. The molecule has 50 valence electrons. The van der Waals surface area contributed by atoms with Crippen molar-refractivity contribution >= 4 is 0 Å². The second-order valence-electron chi connectivity index (χ2n) is 1.72. The first-order valence-corrected chi connectivity index (χ1v) is 2.45. The van der Waals surface area contributed by atoms with Gasteiger partial charge < -0.3 is 5.11 Å². The minimum atomic E-state index is -0.581. The Morgan fingerprint density at radius 1 is 1.56 bits per heavy atom. The summed E-state index contributed by atoms with van der Waals surface area (Å²) in [5, 5.41) is 8.60. The van der Waals surface area contributed by atoms with Crippen LogP contribution in [0.25, 0.3) is 0 Å². The highest BCUT2D eigenvalue weighted by Gasteiger charge is 1.91. The van der Waals surface area contributed by atoms with E-state index in [1.165, 1.54) is 0 Å². The molecule has 0 radical (unpaired) electrons. The molecule has 0 aromatic carbocycles. The van der Waals surface area contributed by atoms with Gasteiger partial charge in [0.1, 0.15) is 11.6 Å². The van der Waals surface area contributed by atoms with Crippen LogP contribution in [-0.4, -0.2) is 5.11 Å². The van der Waals surface area contributed by atoms with E-state index < -0.39 is 5.83 Å². The molecule has 0 atom stereocenters. The molecule has 0 unspecified atom stereocenters. The predicted octanol–water partition coefficient (Wildman–Crippen LogP) is 2.49.